The maximum atomic E-state index is 12.4. The van der Waals surface area contributed by atoms with Crippen LogP contribution in [0.5, 0.6) is 5.75 Å². The molecule has 0 atom stereocenters. The molecule has 0 aliphatic carbocycles. The summed E-state index contributed by atoms with van der Waals surface area (Å²) in [5.74, 6) is -1.19. The van der Waals surface area contributed by atoms with Crippen LogP contribution >= 0.6 is 11.6 Å². The summed E-state index contributed by atoms with van der Waals surface area (Å²) in [7, 11) is 0. The molecule has 6 heteroatoms. The standard InChI is InChI=1S/C14H18ClNO4/c1-9(2)16(7-3-4-13(18)19)14(20)10-5-6-12(17)11(15)8-10/h5-6,8-9,17H,3-4,7H2,1-2H3,(H,18,19). The van der Waals surface area contributed by atoms with Crippen LogP contribution in [-0.2, 0) is 4.79 Å². The first-order valence-electron chi connectivity index (χ1n) is 6.34. The normalized spacial score (nSPS) is 10.6. The predicted molar refractivity (Wildman–Crippen MR) is 76.2 cm³/mol. The van der Waals surface area contributed by atoms with Crippen LogP contribution in [0.2, 0.25) is 5.02 Å². The van der Waals surface area contributed by atoms with Crippen LogP contribution in [0.3, 0.4) is 0 Å². The maximum Gasteiger partial charge on any atom is 0.303 e. The molecule has 0 radical (unpaired) electrons. The Hall–Kier alpha value is -1.75. The second-order valence-corrected chi connectivity index (χ2v) is 5.16. The number of aliphatic carboxylic acids is 1. The van der Waals surface area contributed by atoms with Crippen molar-refractivity contribution in [1.29, 1.82) is 0 Å². The van der Waals surface area contributed by atoms with Crippen molar-refractivity contribution in [1.82, 2.24) is 4.90 Å². The number of aromatic hydroxyl groups is 1. The highest BCUT2D eigenvalue weighted by atomic mass is 35.5. The number of amides is 1. The van der Waals surface area contributed by atoms with E-state index in [9.17, 15) is 14.7 Å². The van der Waals surface area contributed by atoms with Gasteiger partial charge in [0, 0.05) is 24.6 Å². The average Bonchev–Trinajstić information content (AvgIpc) is 2.36. The zero-order valence-corrected chi connectivity index (χ0v) is 12.2. The van der Waals surface area contributed by atoms with Gasteiger partial charge in [0.05, 0.1) is 5.02 Å². The summed E-state index contributed by atoms with van der Waals surface area (Å²) in [5, 5.41) is 18.1. The van der Waals surface area contributed by atoms with Crippen LogP contribution in [0.4, 0.5) is 0 Å². The highest BCUT2D eigenvalue weighted by Gasteiger charge is 2.19. The van der Waals surface area contributed by atoms with Crippen molar-refractivity contribution in [2.24, 2.45) is 0 Å². The molecule has 0 bridgehead atoms. The Bertz CT molecular complexity index is 502. The fourth-order valence-corrected chi connectivity index (χ4v) is 1.98. The van der Waals surface area contributed by atoms with Crippen molar-refractivity contribution in [2.45, 2.75) is 32.7 Å². The molecule has 1 aromatic rings. The molecule has 0 aliphatic rings. The smallest absolute Gasteiger partial charge is 0.303 e. The quantitative estimate of drug-likeness (QED) is 0.846. The molecule has 110 valence electrons. The SMILES string of the molecule is CC(C)N(CCCC(=O)O)C(=O)c1ccc(O)c(Cl)c1. The first-order valence-corrected chi connectivity index (χ1v) is 6.72. The Labute approximate surface area is 122 Å². The number of benzene rings is 1. The predicted octanol–water partition coefficient (Wildman–Crippen LogP) is 2.76. The number of carboxylic acids is 1. The zero-order valence-electron chi connectivity index (χ0n) is 11.5. The number of phenolic OH excluding ortho intramolecular Hbond substituents is 1. The van der Waals surface area contributed by atoms with Crippen LogP contribution in [0, 0.1) is 0 Å². The third kappa shape index (κ3) is 4.42. The van der Waals surface area contributed by atoms with Crippen molar-refractivity contribution in [3.8, 4) is 5.75 Å². The topological polar surface area (TPSA) is 77.8 Å². The van der Waals surface area contributed by atoms with E-state index >= 15 is 0 Å². The fraction of sp³-hybridized carbons (Fsp3) is 0.429. The van der Waals surface area contributed by atoms with E-state index in [2.05, 4.69) is 0 Å². The molecule has 0 heterocycles. The number of carbonyl (C=O) groups is 2. The minimum Gasteiger partial charge on any atom is -0.506 e. The van der Waals surface area contributed by atoms with Crippen molar-refractivity contribution in [3.05, 3.63) is 28.8 Å². The monoisotopic (exact) mass is 299 g/mol. The number of halogens is 1. The highest BCUT2D eigenvalue weighted by molar-refractivity contribution is 6.32. The molecule has 5 nitrogen and oxygen atoms in total. The Kier molecular flexibility index (Phi) is 5.82. The molecule has 20 heavy (non-hydrogen) atoms. The van der Waals surface area contributed by atoms with E-state index in [0.29, 0.717) is 18.5 Å². The number of carbonyl (C=O) groups excluding carboxylic acids is 1. The Morgan fingerprint density at radius 2 is 2.00 bits per heavy atom. The van der Waals surface area contributed by atoms with Gasteiger partial charge in [0.25, 0.3) is 5.91 Å². The van der Waals surface area contributed by atoms with Gasteiger partial charge in [-0.15, -0.1) is 0 Å². The van der Waals surface area contributed by atoms with E-state index in [0.717, 1.165) is 0 Å². The van der Waals surface area contributed by atoms with Gasteiger partial charge in [0.1, 0.15) is 5.75 Å². The number of hydrogen-bond donors (Lipinski definition) is 2. The third-order valence-corrected chi connectivity index (χ3v) is 3.17. The Morgan fingerprint density at radius 1 is 1.35 bits per heavy atom. The molecule has 0 spiro atoms. The van der Waals surface area contributed by atoms with Gasteiger partial charge < -0.3 is 15.1 Å². The van der Waals surface area contributed by atoms with E-state index in [4.69, 9.17) is 16.7 Å². The number of hydrogen-bond acceptors (Lipinski definition) is 3. The summed E-state index contributed by atoms with van der Waals surface area (Å²) in [6, 6.07) is 4.22. The van der Waals surface area contributed by atoms with Gasteiger partial charge in [-0.25, -0.2) is 0 Å². The van der Waals surface area contributed by atoms with Crippen molar-refractivity contribution < 1.29 is 19.8 Å². The first kappa shape index (κ1) is 16.3. The van der Waals surface area contributed by atoms with Crippen molar-refractivity contribution >= 4 is 23.5 Å². The summed E-state index contributed by atoms with van der Waals surface area (Å²) in [4.78, 5) is 24.5. The summed E-state index contributed by atoms with van der Waals surface area (Å²) in [5.41, 5.74) is 0.372. The molecule has 0 saturated heterocycles. The van der Waals surface area contributed by atoms with E-state index in [1.165, 1.54) is 18.2 Å². The third-order valence-electron chi connectivity index (χ3n) is 2.87. The van der Waals surface area contributed by atoms with Crippen LogP contribution in [0.15, 0.2) is 18.2 Å². The van der Waals surface area contributed by atoms with Gasteiger partial charge >= 0.3 is 5.97 Å². The van der Waals surface area contributed by atoms with Crippen LogP contribution < -0.4 is 0 Å². The minimum atomic E-state index is -0.881. The van der Waals surface area contributed by atoms with E-state index in [-0.39, 0.29) is 29.1 Å². The lowest BCUT2D eigenvalue weighted by atomic mass is 10.1. The maximum absolute atomic E-state index is 12.4. The number of nitrogens with zero attached hydrogens (tertiary/aromatic N) is 1. The zero-order chi connectivity index (χ0) is 15.3. The molecular weight excluding hydrogens is 282 g/mol. The van der Waals surface area contributed by atoms with Crippen molar-refractivity contribution in [3.63, 3.8) is 0 Å². The van der Waals surface area contributed by atoms with E-state index in [1.807, 2.05) is 13.8 Å². The van der Waals surface area contributed by atoms with Crippen LogP contribution in [0.25, 0.3) is 0 Å². The largest absolute Gasteiger partial charge is 0.506 e. The Morgan fingerprint density at radius 3 is 2.50 bits per heavy atom. The molecular formula is C14H18ClNO4. The van der Waals surface area contributed by atoms with Crippen LogP contribution in [-0.4, -0.2) is 39.6 Å². The molecule has 1 aromatic carbocycles. The summed E-state index contributed by atoms with van der Waals surface area (Å²) < 4.78 is 0. The van der Waals surface area contributed by atoms with Gasteiger partial charge in [-0.05, 0) is 38.5 Å². The lowest BCUT2D eigenvalue weighted by Crippen LogP contribution is -2.37. The highest BCUT2D eigenvalue weighted by Crippen LogP contribution is 2.24. The minimum absolute atomic E-state index is 0.0207. The first-order chi connectivity index (χ1) is 9.32. The van der Waals surface area contributed by atoms with Crippen LogP contribution in [0.1, 0.15) is 37.0 Å². The second-order valence-electron chi connectivity index (χ2n) is 4.76. The average molecular weight is 300 g/mol. The molecule has 0 saturated carbocycles. The summed E-state index contributed by atoms with van der Waals surface area (Å²) >= 11 is 5.79. The van der Waals surface area contributed by atoms with E-state index < -0.39 is 5.97 Å². The lowest BCUT2D eigenvalue weighted by Gasteiger charge is -2.26. The number of carboxylic acid groups (broad SMARTS) is 1. The molecule has 0 unspecified atom stereocenters. The molecule has 0 fully saturated rings. The van der Waals surface area contributed by atoms with Gasteiger partial charge in [-0.1, -0.05) is 11.6 Å². The van der Waals surface area contributed by atoms with Gasteiger partial charge in [-0.2, -0.15) is 0 Å². The Balaban J connectivity index is 2.82. The summed E-state index contributed by atoms with van der Waals surface area (Å²) in [6.45, 7) is 4.09. The molecule has 2 N–H and O–H groups in total. The molecule has 1 amide bonds. The number of phenols is 1. The fourth-order valence-electron chi connectivity index (χ4n) is 1.80. The second kappa shape index (κ2) is 7.14. The summed E-state index contributed by atoms with van der Waals surface area (Å²) in [6.07, 6.45) is 0.415. The van der Waals surface area contributed by atoms with Gasteiger partial charge in [0.2, 0.25) is 0 Å². The van der Waals surface area contributed by atoms with Gasteiger partial charge in [0.15, 0.2) is 0 Å². The number of rotatable bonds is 6. The lowest BCUT2D eigenvalue weighted by molar-refractivity contribution is -0.137. The van der Waals surface area contributed by atoms with E-state index in [1.54, 1.807) is 4.90 Å². The molecule has 1 rings (SSSR count). The molecule has 0 aromatic heterocycles. The van der Waals surface area contributed by atoms with Crippen molar-refractivity contribution in [2.75, 3.05) is 6.54 Å². The molecule has 0 aliphatic heterocycles. The van der Waals surface area contributed by atoms with Gasteiger partial charge in [-0.3, -0.25) is 9.59 Å².